The van der Waals surface area contributed by atoms with Gasteiger partial charge in [0.1, 0.15) is 11.5 Å². The normalized spacial score (nSPS) is 10.1. The summed E-state index contributed by atoms with van der Waals surface area (Å²) in [6.07, 6.45) is 2.54. The average Bonchev–Trinajstić information content (AvgIpc) is 2.53. The molecule has 21 heavy (non-hydrogen) atoms. The molecule has 3 nitrogen and oxygen atoms in total. The summed E-state index contributed by atoms with van der Waals surface area (Å²) < 4.78 is 5.87. The fourth-order valence-electron chi connectivity index (χ4n) is 1.98. The first-order valence-corrected chi connectivity index (χ1v) is 7.37. The highest BCUT2D eigenvalue weighted by molar-refractivity contribution is 5.75. The van der Waals surface area contributed by atoms with Gasteiger partial charge in [-0.1, -0.05) is 49.7 Å². The molecule has 1 N–H and O–H groups in total. The Balaban J connectivity index is 1.98. The van der Waals surface area contributed by atoms with Gasteiger partial charge in [0.15, 0.2) is 0 Å². The molecule has 2 rings (SSSR count). The van der Waals surface area contributed by atoms with Crippen molar-refractivity contribution in [1.29, 1.82) is 0 Å². The van der Waals surface area contributed by atoms with Crippen LogP contribution in [-0.4, -0.2) is 5.91 Å². The van der Waals surface area contributed by atoms with Crippen LogP contribution >= 0.6 is 0 Å². The van der Waals surface area contributed by atoms with E-state index in [2.05, 4.69) is 12.2 Å². The van der Waals surface area contributed by atoms with Crippen LogP contribution < -0.4 is 10.1 Å². The number of benzene rings is 2. The van der Waals surface area contributed by atoms with Crippen molar-refractivity contribution in [2.75, 3.05) is 0 Å². The van der Waals surface area contributed by atoms with Crippen LogP contribution in [0.15, 0.2) is 54.6 Å². The summed E-state index contributed by atoms with van der Waals surface area (Å²) in [5, 5.41) is 2.94. The smallest absolute Gasteiger partial charge is 0.220 e. The molecule has 0 saturated carbocycles. The van der Waals surface area contributed by atoms with Crippen LogP contribution in [-0.2, 0) is 11.3 Å². The predicted octanol–water partition coefficient (Wildman–Crippen LogP) is 4.29. The Kier molecular flexibility index (Phi) is 5.83. The first kappa shape index (κ1) is 15.1. The van der Waals surface area contributed by atoms with Crippen LogP contribution in [0.25, 0.3) is 0 Å². The maximum Gasteiger partial charge on any atom is 0.220 e. The van der Waals surface area contributed by atoms with Gasteiger partial charge >= 0.3 is 0 Å². The number of carbonyl (C=O) groups excluding carboxylic acids is 1. The van der Waals surface area contributed by atoms with Gasteiger partial charge in [-0.3, -0.25) is 4.79 Å². The van der Waals surface area contributed by atoms with E-state index >= 15 is 0 Å². The predicted molar refractivity (Wildman–Crippen MR) is 84.3 cm³/mol. The van der Waals surface area contributed by atoms with E-state index in [0.29, 0.717) is 13.0 Å². The van der Waals surface area contributed by atoms with E-state index in [4.69, 9.17) is 4.74 Å². The molecule has 110 valence electrons. The van der Waals surface area contributed by atoms with Gasteiger partial charge in [0.25, 0.3) is 0 Å². The van der Waals surface area contributed by atoms with Crippen molar-refractivity contribution in [3.05, 3.63) is 60.2 Å². The number of nitrogens with one attached hydrogen (secondary N) is 1. The van der Waals surface area contributed by atoms with E-state index in [-0.39, 0.29) is 5.91 Å². The van der Waals surface area contributed by atoms with Crippen molar-refractivity contribution in [3.63, 3.8) is 0 Å². The minimum atomic E-state index is 0.0892. The fraction of sp³-hybridized carbons (Fsp3) is 0.278. The lowest BCUT2D eigenvalue weighted by molar-refractivity contribution is -0.121. The summed E-state index contributed by atoms with van der Waals surface area (Å²) in [5.41, 5.74) is 0.978. The standard InChI is InChI=1S/C18H21NO2/c1-2-3-13-18(20)19-14-15-9-7-8-12-17(15)21-16-10-5-4-6-11-16/h4-12H,2-3,13-14H2,1H3,(H,19,20). The van der Waals surface area contributed by atoms with Gasteiger partial charge in [-0.2, -0.15) is 0 Å². The molecule has 0 saturated heterocycles. The van der Waals surface area contributed by atoms with Crippen molar-refractivity contribution in [3.8, 4) is 11.5 Å². The monoisotopic (exact) mass is 283 g/mol. The van der Waals surface area contributed by atoms with Crippen LogP contribution in [0.1, 0.15) is 31.7 Å². The summed E-state index contributed by atoms with van der Waals surface area (Å²) in [5.74, 6) is 1.66. The summed E-state index contributed by atoms with van der Waals surface area (Å²) in [6, 6.07) is 17.4. The molecule has 0 heterocycles. The Morgan fingerprint density at radius 3 is 2.52 bits per heavy atom. The van der Waals surface area contributed by atoms with Gasteiger partial charge in [-0.15, -0.1) is 0 Å². The lowest BCUT2D eigenvalue weighted by atomic mass is 10.2. The summed E-state index contributed by atoms with van der Waals surface area (Å²) in [7, 11) is 0. The average molecular weight is 283 g/mol. The molecule has 0 aliphatic rings. The molecule has 0 atom stereocenters. The molecule has 0 aromatic heterocycles. The van der Waals surface area contributed by atoms with E-state index < -0.39 is 0 Å². The van der Waals surface area contributed by atoms with Crippen LogP contribution in [0, 0.1) is 0 Å². The number of amides is 1. The summed E-state index contributed by atoms with van der Waals surface area (Å²) in [4.78, 5) is 11.7. The van der Waals surface area contributed by atoms with Gasteiger partial charge in [-0.25, -0.2) is 0 Å². The molecule has 0 unspecified atom stereocenters. The third-order valence-corrected chi connectivity index (χ3v) is 3.18. The second-order valence-electron chi connectivity index (χ2n) is 4.90. The number of ether oxygens (including phenoxy) is 1. The summed E-state index contributed by atoms with van der Waals surface area (Å²) in [6.45, 7) is 2.57. The zero-order valence-corrected chi connectivity index (χ0v) is 12.3. The van der Waals surface area contributed by atoms with Crippen molar-refractivity contribution >= 4 is 5.91 Å². The minimum Gasteiger partial charge on any atom is -0.457 e. The van der Waals surface area contributed by atoms with Crippen molar-refractivity contribution in [1.82, 2.24) is 5.32 Å². The molecule has 0 fully saturated rings. The SMILES string of the molecule is CCCCC(=O)NCc1ccccc1Oc1ccccc1. The van der Waals surface area contributed by atoms with E-state index in [9.17, 15) is 4.79 Å². The first-order valence-electron chi connectivity index (χ1n) is 7.37. The zero-order chi connectivity index (χ0) is 14.9. The molecule has 2 aromatic carbocycles. The van der Waals surface area contributed by atoms with Gasteiger partial charge in [0.2, 0.25) is 5.91 Å². The van der Waals surface area contributed by atoms with Crippen LogP contribution in [0.3, 0.4) is 0 Å². The molecule has 1 amide bonds. The third-order valence-electron chi connectivity index (χ3n) is 3.18. The van der Waals surface area contributed by atoms with Crippen molar-refractivity contribution in [2.24, 2.45) is 0 Å². The van der Waals surface area contributed by atoms with E-state index in [1.165, 1.54) is 0 Å². The minimum absolute atomic E-state index is 0.0892. The van der Waals surface area contributed by atoms with Gasteiger partial charge in [0, 0.05) is 18.5 Å². The summed E-state index contributed by atoms with van der Waals surface area (Å²) >= 11 is 0. The Morgan fingerprint density at radius 2 is 1.76 bits per heavy atom. The highest BCUT2D eigenvalue weighted by atomic mass is 16.5. The van der Waals surface area contributed by atoms with Crippen molar-refractivity contribution in [2.45, 2.75) is 32.7 Å². The number of unbranched alkanes of at least 4 members (excludes halogenated alkanes) is 1. The largest absolute Gasteiger partial charge is 0.457 e. The van der Waals surface area contributed by atoms with E-state index in [1.807, 2.05) is 54.6 Å². The third kappa shape index (κ3) is 4.95. The van der Waals surface area contributed by atoms with Crippen LogP contribution in [0.4, 0.5) is 0 Å². The molecular formula is C18H21NO2. The highest BCUT2D eigenvalue weighted by Gasteiger charge is 2.06. The van der Waals surface area contributed by atoms with Crippen LogP contribution in [0.5, 0.6) is 11.5 Å². The Morgan fingerprint density at radius 1 is 1.05 bits per heavy atom. The highest BCUT2D eigenvalue weighted by Crippen LogP contribution is 2.24. The van der Waals surface area contributed by atoms with Gasteiger partial charge in [-0.05, 0) is 24.6 Å². The maximum absolute atomic E-state index is 11.7. The molecule has 0 spiro atoms. The molecular weight excluding hydrogens is 262 g/mol. The molecule has 0 radical (unpaired) electrons. The second kappa shape index (κ2) is 8.10. The number of rotatable bonds is 7. The molecule has 0 aliphatic carbocycles. The quantitative estimate of drug-likeness (QED) is 0.823. The van der Waals surface area contributed by atoms with E-state index in [1.54, 1.807) is 0 Å². The number of hydrogen-bond donors (Lipinski definition) is 1. The fourth-order valence-corrected chi connectivity index (χ4v) is 1.98. The van der Waals surface area contributed by atoms with Gasteiger partial charge in [0.05, 0.1) is 0 Å². The lowest BCUT2D eigenvalue weighted by Crippen LogP contribution is -2.22. The van der Waals surface area contributed by atoms with Gasteiger partial charge < -0.3 is 10.1 Å². The topological polar surface area (TPSA) is 38.3 Å². The van der Waals surface area contributed by atoms with Crippen molar-refractivity contribution < 1.29 is 9.53 Å². The Labute approximate surface area is 126 Å². The second-order valence-corrected chi connectivity index (χ2v) is 4.90. The molecule has 3 heteroatoms. The lowest BCUT2D eigenvalue weighted by Gasteiger charge is -2.12. The zero-order valence-electron chi connectivity index (χ0n) is 12.3. The Hall–Kier alpha value is -2.29. The number of hydrogen-bond acceptors (Lipinski definition) is 2. The molecule has 2 aromatic rings. The number of carbonyl (C=O) groups is 1. The Bertz CT molecular complexity index is 566. The van der Waals surface area contributed by atoms with Crippen LogP contribution in [0.2, 0.25) is 0 Å². The molecule has 0 bridgehead atoms. The number of para-hydroxylation sites is 2. The van der Waals surface area contributed by atoms with E-state index in [0.717, 1.165) is 29.9 Å². The first-order chi connectivity index (χ1) is 10.3. The maximum atomic E-state index is 11.7. The molecule has 0 aliphatic heterocycles.